The lowest BCUT2D eigenvalue weighted by molar-refractivity contribution is -0.106. The number of nitrogens with zero attached hydrogens (tertiary/aromatic N) is 1. The number of methoxy groups -OCH3 is 2. The van der Waals surface area contributed by atoms with Crippen LogP contribution in [0.25, 0.3) is 0 Å². The molecule has 1 aromatic heterocycles. The van der Waals surface area contributed by atoms with Crippen LogP contribution in [0, 0.1) is 0 Å². The lowest BCUT2D eigenvalue weighted by Gasteiger charge is -2.17. The van der Waals surface area contributed by atoms with Crippen molar-refractivity contribution in [1.29, 1.82) is 0 Å². The highest BCUT2D eigenvalue weighted by molar-refractivity contribution is 6.36. The van der Waals surface area contributed by atoms with E-state index in [4.69, 9.17) is 42.2 Å². The summed E-state index contributed by atoms with van der Waals surface area (Å²) in [6, 6.07) is 3.34. The van der Waals surface area contributed by atoms with Crippen LogP contribution in [0.5, 0.6) is 17.2 Å². The fourth-order valence-electron chi connectivity index (χ4n) is 2.44. The minimum Gasteiger partial charge on any atom is -0.493 e. The summed E-state index contributed by atoms with van der Waals surface area (Å²) in [5.74, 6) is 1.07. The molecule has 29 heavy (non-hydrogen) atoms. The number of rotatable bonds is 9. The molecule has 2 rings (SSSR count). The van der Waals surface area contributed by atoms with E-state index in [2.05, 4.69) is 11.9 Å². The molecule has 0 unspecified atom stereocenters. The maximum Gasteiger partial charge on any atom is 0.204 e. The molecule has 1 aromatic carbocycles. The van der Waals surface area contributed by atoms with Crippen LogP contribution in [0.3, 0.4) is 0 Å². The number of carbonyl (C=O) groups is 2. The molecule has 8 heteroatoms. The number of ether oxygens (including phenoxy) is 3. The summed E-state index contributed by atoms with van der Waals surface area (Å²) in [6.07, 6.45) is 5.53. The monoisotopic (exact) mass is 441 g/mol. The highest BCUT2D eigenvalue weighted by atomic mass is 35.5. The lowest BCUT2D eigenvalue weighted by Crippen LogP contribution is -2.10. The number of benzene rings is 1. The molecule has 0 aliphatic carbocycles. The molecule has 0 bridgehead atoms. The van der Waals surface area contributed by atoms with Crippen LogP contribution >= 0.6 is 23.2 Å². The third-order valence-electron chi connectivity index (χ3n) is 3.83. The highest BCUT2D eigenvalue weighted by Crippen LogP contribution is 2.41. The molecular weight excluding hydrogens is 417 g/mol. The number of aromatic nitrogens is 1. The molecule has 0 saturated heterocycles. The van der Waals surface area contributed by atoms with Gasteiger partial charge in [-0.1, -0.05) is 36.5 Å². The van der Waals surface area contributed by atoms with Gasteiger partial charge in [-0.05, 0) is 25.5 Å². The van der Waals surface area contributed by atoms with E-state index in [1.165, 1.54) is 33.5 Å². The van der Waals surface area contributed by atoms with Gasteiger partial charge in [-0.15, -0.1) is 0 Å². The van der Waals surface area contributed by atoms with Gasteiger partial charge in [0.15, 0.2) is 17.3 Å². The van der Waals surface area contributed by atoms with Crippen LogP contribution in [-0.2, 0) is 11.2 Å². The summed E-state index contributed by atoms with van der Waals surface area (Å²) in [5.41, 5.74) is 0.922. The molecule has 0 aliphatic heterocycles. The second-order valence-electron chi connectivity index (χ2n) is 5.80. The molecule has 6 nitrogen and oxygen atoms in total. The third kappa shape index (κ3) is 6.91. The van der Waals surface area contributed by atoms with Gasteiger partial charge in [0.05, 0.1) is 36.4 Å². The molecule has 0 aliphatic rings. The second kappa shape index (κ2) is 13.0. The molecule has 0 fully saturated rings. The van der Waals surface area contributed by atoms with Crippen molar-refractivity contribution in [2.45, 2.75) is 33.1 Å². The van der Waals surface area contributed by atoms with E-state index >= 15 is 0 Å². The number of hydrogen-bond donors (Lipinski definition) is 0. The lowest BCUT2D eigenvalue weighted by atomic mass is 10.0. The predicted molar refractivity (Wildman–Crippen MR) is 114 cm³/mol. The highest BCUT2D eigenvalue weighted by Gasteiger charge is 2.22. The normalized spacial score (nSPS) is 9.86. The van der Waals surface area contributed by atoms with E-state index in [9.17, 15) is 4.79 Å². The minimum atomic E-state index is -0.188. The topological polar surface area (TPSA) is 74.7 Å². The number of ketones is 1. The van der Waals surface area contributed by atoms with Gasteiger partial charge in [-0.2, -0.15) is 0 Å². The minimum absolute atomic E-state index is 0.0276. The Hall–Kier alpha value is -2.31. The zero-order valence-electron chi connectivity index (χ0n) is 17.0. The van der Waals surface area contributed by atoms with Crippen molar-refractivity contribution in [2.24, 2.45) is 0 Å². The van der Waals surface area contributed by atoms with E-state index in [0.717, 1.165) is 19.1 Å². The van der Waals surface area contributed by atoms with Gasteiger partial charge < -0.3 is 19.0 Å². The van der Waals surface area contributed by atoms with Gasteiger partial charge in [-0.25, -0.2) is 0 Å². The molecule has 0 saturated carbocycles. The first-order valence-corrected chi connectivity index (χ1v) is 9.79. The Labute approximate surface area is 181 Å². The van der Waals surface area contributed by atoms with Gasteiger partial charge in [0.1, 0.15) is 6.29 Å². The Kier molecular flexibility index (Phi) is 11.1. The second-order valence-corrected chi connectivity index (χ2v) is 6.61. The summed E-state index contributed by atoms with van der Waals surface area (Å²) in [6.45, 7) is 3.97. The summed E-state index contributed by atoms with van der Waals surface area (Å²) < 4.78 is 16.6. The van der Waals surface area contributed by atoms with Crippen LogP contribution in [-0.4, -0.2) is 37.9 Å². The van der Waals surface area contributed by atoms with Crippen molar-refractivity contribution in [3.05, 3.63) is 45.7 Å². The van der Waals surface area contributed by atoms with Gasteiger partial charge in [0.2, 0.25) is 5.75 Å². The number of pyridine rings is 1. The van der Waals surface area contributed by atoms with Crippen LogP contribution in [0.2, 0.25) is 10.0 Å². The third-order valence-corrected chi connectivity index (χ3v) is 4.49. The largest absolute Gasteiger partial charge is 0.493 e. The van der Waals surface area contributed by atoms with E-state index in [0.29, 0.717) is 45.0 Å². The average molecular weight is 442 g/mol. The Balaban J connectivity index is 0.00000132. The average Bonchev–Trinajstić information content (AvgIpc) is 2.70. The van der Waals surface area contributed by atoms with Crippen LogP contribution in [0.15, 0.2) is 24.5 Å². The van der Waals surface area contributed by atoms with E-state index in [1.807, 2.05) is 0 Å². The first kappa shape index (κ1) is 24.7. The Morgan fingerprint density at radius 3 is 2.24 bits per heavy atom. The number of unbranched alkanes of at least 4 members (excludes halogenated alkanes) is 1. The predicted octanol–water partition coefficient (Wildman–Crippen LogP) is 5.22. The number of Topliss-reactive ketones (excluding diaryl/α,β-unsaturated/α-hetero) is 1. The Bertz CT molecular complexity index is 807. The SMILES string of the molecule is CC=O.CCCCOc1c(C(=O)Cc2c(Cl)cncc2Cl)ccc(OC)c1OC. The zero-order valence-corrected chi connectivity index (χ0v) is 18.5. The Morgan fingerprint density at radius 1 is 1.10 bits per heavy atom. The van der Waals surface area contributed by atoms with E-state index < -0.39 is 0 Å². The summed E-state index contributed by atoms with van der Waals surface area (Å²) in [7, 11) is 3.04. The van der Waals surface area contributed by atoms with Gasteiger partial charge in [0, 0.05) is 24.4 Å². The molecule has 158 valence electrons. The van der Waals surface area contributed by atoms with Crippen molar-refractivity contribution in [2.75, 3.05) is 20.8 Å². The first-order valence-electron chi connectivity index (χ1n) is 9.03. The number of halogens is 2. The first-order chi connectivity index (χ1) is 13.9. The van der Waals surface area contributed by atoms with Crippen molar-refractivity contribution in [3.8, 4) is 17.2 Å². The number of aldehydes is 1. The fraction of sp³-hybridized carbons (Fsp3) is 0.381. The molecular formula is C21H25Cl2NO5. The molecule has 2 aromatic rings. The molecule has 0 atom stereocenters. The van der Waals surface area contributed by atoms with Crippen molar-refractivity contribution in [3.63, 3.8) is 0 Å². The van der Waals surface area contributed by atoms with Crippen LogP contribution in [0.1, 0.15) is 42.6 Å². The number of carbonyl (C=O) groups excluding carboxylic acids is 2. The maximum atomic E-state index is 12.9. The molecule has 0 amide bonds. The van der Waals surface area contributed by atoms with E-state index in [1.54, 1.807) is 12.1 Å². The summed E-state index contributed by atoms with van der Waals surface area (Å²) >= 11 is 12.3. The molecule has 0 N–H and O–H groups in total. The summed E-state index contributed by atoms with van der Waals surface area (Å²) in [4.78, 5) is 25.6. The zero-order chi connectivity index (χ0) is 21.8. The van der Waals surface area contributed by atoms with Gasteiger partial charge in [-0.3, -0.25) is 9.78 Å². The quantitative estimate of drug-likeness (QED) is 0.301. The van der Waals surface area contributed by atoms with E-state index in [-0.39, 0.29) is 12.2 Å². The standard InChI is InChI=1S/C19H21Cl2NO4.C2H4O/c1-4-5-8-26-18-12(6-7-17(24-2)19(18)25-3)16(23)9-13-14(20)10-22-11-15(13)21;1-2-3/h6-7,10-11H,4-5,8-9H2,1-3H3;2H,1H3. The fourth-order valence-corrected chi connectivity index (χ4v) is 2.94. The van der Waals surface area contributed by atoms with Crippen molar-refractivity contribution >= 4 is 35.3 Å². The number of hydrogen-bond acceptors (Lipinski definition) is 6. The maximum absolute atomic E-state index is 12.9. The molecule has 0 spiro atoms. The Morgan fingerprint density at radius 2 is 1.72 bits per heavy atom. The smallest absolute Gasteiger partial charge is 0.204 e. The summed E-state index contributed by atoms with van der Waals surface area (Å²) in [5, 5.41) is 0.694. The van der Waals surface area contributed by atoms with Crippen molar-refractivity contribution in [1.82, 2.24) is 4.98 Å². The molecule has 1 heterocycles. The molecule has 0 radical (unpaired) electrons. The van der Waals surface area contributed by atoms with Crippen LogP contribution < -0.4 is 14.2 Å². The van der Waals surface area contributed by atoms with Crippen molar-refractivity contribution < 1.29 is 23.8 Å². The van der Waals surface area contributed by atoms with Gasteiger partial charge in [0.25, 0.3) is 0 Å². The van der Waals surface area contributed by atoms with Gasteiger partial charge >= 0.3 is 0 Å². The van der Waals surface area contributed by atoms with Crippen LogP contribution in [0.4, 0.5) is 0 Å².